The Morgan fingerprint density at radius 3 is 2.79 bits per heavy atom. The monoisotopic (exact) mass is 427 g/mol. The number of imide groups is 1. The summed E-state index contributed by atoms with van der Waals surface area (Å²) in [5, 5.41) is 6.95. The number of hydrazine groups is 1. The van der Waals surface area contributed by atoms with E-state index in [1.807, 2.05) is 24.4 Å². The number of thiophene rings is 1. The summed E-state index contributed by atoms with van der Waals surface area (Å²) in [5.74, 6) is -0.971. The van der Waals surface area contributed by atoms with Crippen molar-refractivity contribution >= 4 is 51.2 Å². The molecule has 1 atom stereocenters. The van der Waals surface area contributed by atoms with Crippen LogP contribution in [-0.4, -0.2) is 38.6 Å². The molecule has 4 rings (SSSR count). The Morgan fingerprint density at radius 2 is 2.03 bits per heavy atom. The summed E-state index contributed by atoms with van der Waals surface area (Å²) in [4.78, 5) is 47.1. The van der Waals surface area contributed by atoms with Gasteiger partial charge in [0, 0.05) is 5.39 Å². The normalized spacial score (nSPS) is 18.9. The molecule has 3 heterocycles. The van der Waals surface area contributed by atoms with E-state index < -0.39 is 23.4 Å². The molecule has 8 nitrogen and oxygen atoms in total. The van der Waals surface area contributed by atoms with Gasteiger partial charge in [-0.1, -0.05) is 49.0 Å². The number of nitrogens with zero attached hydrogens (tertiary/aromatic N) is 3. The Bertz CT molecular complexity index is 1090. The van der Waals surface area contributed by atoms with Crippen molar-refractivity contribution in [2.24, 2.45) is 0 Å². The molecule has 1 aliphatic rings. The number of hydrogen-bond donors (Lipinski definition) is 2. The third-order valence-corrected chi connectivity index (χ3v) is 6.52. The van der Waals surface area contributed by atoms with Gasteiger partial charge in [-0.15, -0.1) is 11.3 Å². The minimum absolute atomic E-state index is 0.00345. The average Bonchev–Trinajstić information content (AvgIpc) is 3.32. The van der Waals surface area contributed by atoms with Gasteiger partial charge in [-0.25, -0.2) is 14.8 Å². The van der Waals surface area contributed by atoms with Gasteiger partial charge in [0.2, 0.25) is 5.91 Å². The highest BCUT2D eigenvalue weighted by molar-refractivity contribution is 8.00. The van der Waals surface area contributed by atoms with Crippen LogP contribution in [0, 0.1) is 0 Å². The molecule has 0 saturated carbocycles. The number of aromatic nitrogens is 2. The molecule has 148 valence electrons. The number of hydrogen-bond acceptors (Lipinski definition) is 7. The first-order valence-corrected chi connectivity index (χ1v) is 10.7. The second-order valence-electron chi connectivity index (χ2n) is 6.34. The molecule has 1 aromatic carbocycles. The van der Waals surface area contributed by atoms with Crippen LogP contribution < -0.4 is 10.7 Å². The Labute approximate surface area is 174 Å². The molecule has 1 aliphatic heterocycles. The molecule has 0 aliphatic carbocycles. The van der Waals surface area contributed by atoms with E-state index in [-0.39, 0.29) is 5.75 Å². The number of thioether (sulfide) groups is 1. The molecule has 10 heteroatoms. The molecule has 0 bridgehead atoms. The van der Waals surface area contributed by atoms with E-state index in [0.717, 1.165) is 15.2 Å². The Kier molecular flexibility index (Phi) is 5.20. The smallest absolute Gasteiger partial charge is 0.318 e. The summed E-state index contributed by atoms with van der Waals surface area (Å²) in [5.41, 5.74) is 1.91. The van der Waals surface area contributed by atoms with E-state index in [4.69, 9.17) is 0 Å². The van der Waals surface area contributed by atoms with Gasteiger partial charge >= 0.3 is 6.03 Å². The summed E-state index contributed by atoms with van der Waals surface area (Å²) < 4.78 is 0. The first-order valence-electron chi connectivity index (χ1n) is 8.88. The molecule has 2 aromatic heterocycles. The van der Waals surface area contributed by atoms with Crippen molar-refractivity contribution in [3.05, 3.63) is 53.7 Å². The number of carbonyl (C=O) groups excluding carboxylic acids is 3. The lowest BCUT2D eigenvalue weighted by Crippen LogP contribution is -2.49. The van der Waals surface area contributed by atoms with Crippen LogP contribution in [0.4, 0.5) is 4.79 Å². The van der Waals surface area contributed by atoms with Crippen LogP contribution in [-0.2, 0) is 15.1 Å². The van der Waals surface area contributed by atoms with Crippen molar-refractivity contribution in [1.82, 2.24) is 25.7 Å². The number of urea groups is 1. The zero-order valence-corrected chi connectivity index (χ0v) is 17.0. The number of amides is 4. The van der Waals surface area contributed by atoms with Crippen molar-refractivity contribution in [3.63, 3.8) is 0 Å². The van der Waals surface area contributed by atoms with Crippen molar-refractivity contribution in [1.29, 1.82) is 0 Å². The van der Waals surface area contributed by atoms with E-state index in [1.54, 1.807) is 24.3 Å². The van der Waals surface area contributed by atoms with Gasteiger partial charge in [0.25, 0.3) is 5.91 Å². The highest BCUT2D eigenvalue weighted by atomic mass is 32.2. The van der Waals surface area contributed by atoms with Crippen molar-refractivity contribution in [2.75, 3.05) is 5.75 Å². The molecule has 1 saturated heterocycles. The Balaban J connectivity index is 1.46. The molecule has 3 aromatic rings. The number of carbonyl (C=O) groups is 3. The zero-order valence-electron chi connectivity index (χ0n) is 15.4. The molecule has 2 N–H and O–H groups in total. The van der Waals surface area contributed by atoms with Crippen molar-refractivity contribution in [3.8, 4) is 0 Å². The molecule has 1 fully saturated rings. The van der Waals surface area contributed by atoms with Gasteiger partial charge in [-0.05, 0) is 23.4 Å². The predicted octanol–water partition coefficient (Wildman–Crippen LogP) is 2.67. The van der Waals surface area contributed by atoms with Crippen molar-refractivity contribution < 1.29 is 14.4 Å². The summed E-state index contributed by atoms with van der Waals surface area (Å²) in [7, 11) is 0. The lowest BCUT2D eigenvalue weighted by Gasteiger charge is -2.25. The fraction of sp³-hybridized carbons (Fsp3) is 0.211. The number of benzene rings is 1. The van der Waals surface area contributed by atoms with Crippen molar-refractivity contribution in [2.45, 2.75) is 23.9 Å². The van der Waals surface area contributed by atoms with E-state index in [1.165, 1.54) is 29.4 Å². The van der Waals surface area contributed by atoms with Crippen LogP contribution in [0.1, 0.15) is 18.9 Å². The Morgan fingerprint density at radius 1 is 1.24 bits per heavy atom. The second-order valence-corrected chi connectivity index (χ2v) is 8.20. The lowest BCUT2D eigenvalue weighted by atomic mass is 9.87. The minimum Gasteiger partial charge on any atom is -0.318 e. The Hall–Kier alpha value is -2.98. The number of nitrogens with one attached hydrogen (secondary N) is 2. The van der Waals surface area contributed by atoms with E-state index in [2.05, 4.69) is 20.7 Å². The maximum absolute atomic E-state index is 13.0. The SMILES string of the molecule is CC[C@@]1(c2ccccc2)NC(=O)N(NC(=O)CSc2ncnc3sccc23)C1=O. The third-order valence-electron chi connectivity index (χ3n) is 4.69. The quantitative estimate of drug-likeness (QED) is 0.356. The molecular formula is C19H17N5O3S2. The van der Waals surface area contributed by atoms with Gasteiger partial charge in [0.1, 0.15) is 21.7 Å². The van der Waals surface area contributed by atoms with Crippen LogP contribution in [0.25, 0.3) is 10.2 Å². The van der Waals surface area contributed by atoms with Gasteiger partial charge in [0.15, 0.2) is 0 Å². The molecule has 29 heavy (non-hydrogen) atoms. The molecule has 0 unspecified atom stereocenters. The summed E-state index contributed by atoms with van der Waals surface area (Å²) in [6.45, 7) is 1.81. The number of rotatable bonds is 6. The molecule has 0 spiro atoms. The van der Waals surface area contributed by atoms with Gasteiger partial charge in [-0.2, -0.15) is 5.01 Å². The van der Waals surface area contributed by atoms with E-state index in [9.17, 15) is 14.4 Å². The average molecular weight is 428 g/mol. The maximum Gasteiger partial charge on any atom is 0.344 e. The molecule has 0 radical (unpaired) electrons. The number of fused-ring (bicyclic) bond motifs is 1. The fourth-order valence-electron chi connectivity index (χ4n) is 3.21. The largest absolute Gasteiger partial charge is 0.344 e. The summed E-state index contributed by atoms with van der Waals surface area (Å²) in [6.07, 6.45) is 1.81. The van der Waals surface area contributed by atoms with Gasteiger partial charge in [-0.3, -0.25) is 15.0 Å². The van der Waals surface area contributed by atoms with Crippen LogP contribution >= 0.6 is 23.1 Å². The maximum atomic E-state index is 13.0. The predicted molar refractivity (Wildman–Crippen MR) is 110 cm³/mol. The van der Waals surface area contributed by atoms with Crippen LogP contribution in [0.3, 0.4) is 0 Å². The first-order chi connectivity index (χ1) is 14.0. The highest BCUT2D eigenvalue weighted by Gasteiger charge is 2.52. The topological polar surface area (TPSA) is 104 Å². The minimum atomic E-state index is -1.19. The van der Waals surface area contributed by atoms with E-state index in [0.29, 0.717) is 17.0 Å². The first kappa shape index (κ1) is 19.3. The lowest BCUT2D eigenvalue weighted by molar-refractivity contribution is -0.138. The van der Waals surface area contributed by atoms with Gasteiger partial charge < -0.3 is 5.32 Å². The van der Waals surface area contributed by atoms with Crippen LogP contribution in [0.15, 0.2) is 53.1 Å². The van der Waals surface area contributed by atoms with Gasteiger partial charge in [0.05, 0.1) is 5.75 Å². The highest BCUT2D eigenvalue weighted by Crippen LogP contribution is 2.32. The fourth-order valence-corrected chi connectivity index (χ4v) is 4.78. The third kappa shape index (κ3) is 3.45. The summed E-state index contributed by atoms with van der Waals surface area (Å²) >= 11 is 2.72. The summed E-state index contributed by atoms with van der Waals surface area (Å²) in [6, 6.07) is 10.2. The second kappa shape index (κ2) is 7.80. The zero-order chi connectivity index (χ0) is 20.4. The van der Waals surface area contributed by atoms with Crippen LogP contribution in [0.2, 0.25) is 0 Å². The molecular weight excluding hydrogens is 410 g/mol. The standard InChI is InChI=1S/C19H17N5O3S2/c1-2-19(12-6-4-3-5-7-12)17(26)24(18(27)22-19)23-14(25)10-29-16-13-8-9-28-15(13)20-11-21-16/h3-9,11H,2,10H2,1H3,(H,22,27)(H,23,25)/t19-/m0/s1. The molecule has 4 amide bonds. The van der Waals surface area contributed by atoms with E-state index >= 15 is 0 Å². The van der Waals surface area contributed by atoms with Crippen LogP contribution in [0.5, 0.6) is 0 Å².